The van der Waals surface area contributed by atoms with Gasteiger partial charge in [0.2, 0.25) is 0 Å². The molecule has 2 aliphatic carbocycles. The summed E-state index contributed by atoms with van der Waals surface area (Å²) >= 11 is -2.62. The topological polar surface area (TPSA) is 0 Å². The van der Waals surface area contributed by atoms with E-state index in [0.717, 1.165) is 0 Å². The molecule has 2 rings (SSSR count). The van der Waals surface area contributed by atoms with Gasteiger partial charge in [0, 0.05) is 0 Å². The largest absolute Gasteiger partial charge is 1.00 e. The molecular weight excluding hydrogens is 263 g/mol. The summed E-state index contributed by atoms with van der Waals surface area (Å²) in [6.07, 6.45) is 16.2. The first-order valence-electron chi connectivity index (χ1n) is 5.29. The van der Waals surface area contributed by atoms with Crippen molar-refractivity contribution >= 4 is 6.88 Å². The molecule has 0 spiro atoms. The average molecular weight is 284 g/mol. The summed E-state index contributed by atoms with van der Waals surface area (Å²) in [7, 11) is 0. The van der Waals surface area contributed by atoms with Crippen molar-refractivity contribution in [2.24, 2.45) is 0 Å². The summed E-state index contributed by atoms with van der Waals surface area (Å²) in [5.41, 5.74) is 0. The van der Waals surface area contributed by atoms with E-state index in [2.05, 4.69) is 52.6 Å². The molecule has 2 heteroatoms. The van der Waals surface area contributed by atoms with Crippen LogP contribution in [-0.2, 0) is 17.4 Å². The summed E-state index contributed by atoms with van der Waals surface area (Å²) in [5.74, 6) is 0. The van der Waals surface area contributed by atoms with E-state index in [9.17, 15) is 0 Å². The summed E-state index contributed by atoms with van der Waals surface area (Å²) < 4.78 is 8.63. The van der Waals surface area contributed by atoms with E-state index in [4.69, 9.17) is 0 Å². The fraction of sp³-hybridized carbons (Fsp3) is 0.333. The van der Waals surface area contributed by atoms with Crippen LogP contribution in [0, 0.1) is 0 Å². The smallest absolute Gasteiger partial charge is 1.00 e. The van der Waals surface area contributed by atoms with Gasteiger partial charge in [-0.1, -0.05) is 0 Å². The Bertz CT molecular complexity index is 414. The minimum Gasteiger partial charge on any atom is -1.00 e. The molecule has 0 atom stereocenters. The number of hydrogen-bond donors (Lipinski definition) is 0. The van der Waals surface area contributed by atoms with Gasteiger partial charge in [-0.05, 0) is 0 Å². The Kier molecular flexibility index (Phi) is 2.48. The van der Waals surface area contributed by atoms with Gasteiger partial charge in [-0.2, -0.15) is 0 Å². The standard InChI is InChI=1S/2C5H5.2CH3.H2Si.Zr.2H/c2*1-2-4-5-3-1;;;;;;/h2*1-3H,4H2;2*1H3;1H2;;;/q;;;;;;2*-1. The Labute approximate surface area is 91.9 Å². The zero-order chi connectivity index (χ0) is 10.3. The van der Waals surface area contributed by atoms with Crippen molar-refractivity contribution in [3.63, 3.8) is 0 Å². The second kappa shape index (κ2) is 3.28. The van der Waals surface area contributed by atoms with E-state index in [1.54, 1.807) is 6.56 Å². The van der Waals surface area contributed by atoms with E-state index in [1.165, 1.54) is 12.8 Å². The van der Waals surface area contributed by atoms with Crippen molar-refractivity contribution < 1.29 is 20.3 Å². The first kappa shape index (κ1) is 10.6. The molecule has 0 heterocycles. The van der Waals surface area contributed by atoms with Crippen molar-refractivity contribution in [2.75, 3.05) is 0 Å². The minimum absolute atomic E-state index is 0. The van der Waals surface area contributed by atoms with Crippen LogP contribution in [0.25, 0.3) is 0 Å². The maximum Gasteiger partial charge on any atom is -1.00 e. The predicted octanol–water partition coefficient (Wildman–Crippen LogP) is 3.23. The zero-order valence-corrected chi connectivity index (χ0v) is 13.0. The van der Waals surface area contributed by atoms with Crippen LogP contribution in [0.2, 0.25) is 9.26 Å². The van der Waals surface area contributed by atoms with E-state index >= 15 is 0 Å². The van der Waals surface area contributed by atoms with Gasteiger partial charge in [-0.25, -0.2) is 0 Å². The van der Waals surface area contributed by atoms with Crippen LogP contribution < -0.4 is 0 Å². The van der Waals surface area contributed by atoms with Gasteiger partial charge in [0.05, 0.1) is 0 Å². The Hall–Kier alpha value is 0.0600. The Morgan fingerprint density at radius 1 is 1.07 bits per heavy atom. The van der Waals surface area contributed by atoms with Crippen molar-refractivity contribution in [3.8, 4) is 0 Å². The molecule has 0 N–H and O–H groups in total. The van der Waals surface area contributed by atoms with Gasteiger partial charge in [0.25, 0.3) is 0 Å². The molecule has 0 radical (unpaired) electrons. The third kappa shape index (κ3) is 1.63. The molecular formula is C12H20SiZr-2. The molecule has 2 aliphatic rings. The molecule has 0 aromatic heterocycles. The second-order valence-electron chi connectivity index (χ2n) is 5.33. The molecule has 0 unspecified atom stereocenters. The number of rotatable bonds is 2. The fourth-order valence-corrected chi connectivity index (χ4v) is 13.3. The minimum atomic E-state index is -2.62. The van der Waals surface area contributed by atoms with E-state index < -0.39 is 17.4 Å². The zero-order valence-electron chi connectivity index (χ0n) is 11.1. The van der Waals surface area contributed by atoms with Crippen molar-refractivity contribution in [2.45, 2.75) is 22.1 Å². The number of hydrogen-bond acceptors (Lipinski definition) is 0. The molecule has 0 amide bonds. The van der Waals surface area contributed by atoms with Crippen molar-refractivity contribution in [1.29, 1.82) is 0 Å². The normalized spacial score (nSPS) is 21.4. The van der Waals surface area contributed by atoms with Gasteiger partial charge >= 0.3 is 89.4 Å². The van der Waals surface area contributed by atoms with Crippen LogP contribution >= 0.6 is 0 Å². The first-order valence-corrected chi connectivity index (χ1v) is 18.6. The summed E-state index contributed by atoms with van der Waals surface area (Å²) in [4.78, 5) is 0. The monoisotopic (exact) mass is 282 g/mol. The molecule has 0 fully saturated rings. The molecule has 0 saturated heterocycles. The van der Waals surface area contributed by atoms with Gasteiger partial charge in [0.1, 0.15) is 0 Å². The summed E-state index contributed by atoms with van der Waals surface area (Å²) in [5, 5.41) is 0. The van der Waals surface area contributed by atoms with E-state index in [1.807, 2.05) is 0 Å². The van der Waals surface area contributed by atoms with Gasteiger partial charge in [-0.15, -0.1) is 0 Å². The first-order chi connectivity index (χ1) is 6.49. The van der Waals surface area contributed by atoms with Crippen LogP contribution in [-0.4, -0.2) is 6.88 Å². The molecule has 0 nitrogen and oxygen atoms in total. The Balaban J connectivity index is 0.00000112. The third-order valence-corrected chi connectivity index (χ3v) is 20.9. The fourth-order valence-electron chi connectivity index (χ4n) is 2.29. The van der Waals surface area contributed by atoms with Gasteiger partial charge in [0.15, 0.2) is 0 Å². The maximum atomic E-state index is 2.57. The van der Waals surface area contributed by atoms with E-state index in [0.29, 0.717) is 0 Å². The van der Waals surface area contributed by atoms with Gasteiger partial charge < -0.3 is 2.85 Å². The van der Waals surface area contributed by atoms with Crippen molar-refractivity contribution in [1.82, 2.24) is 0 Å². The molecule has 0 aromatic rings. The molecule has 0 aliphatic heterocycles. The van der Waals surface area contributed by atoms with Crippen LogP contribution in [0.4, 0.5) is 0 Å². The van der Waals surface area contributed by atoms with Crippen LogP contribution in [0.15, 0.2) is 43.0 Å². The van der Waals surface area contributed by atoms with Gasteiger partial charge in [-0.3, -0.25) is 0 Å². The summed E-state index contributed by atoms with van der Waals surface area (Å²) in [6, 6.07) is 0. The Morgan fingerprint density at radius 2 is 1.50 bits per heavy atom. The molecule has 14 heavy (non-hydrogen) atoms. The average Bonchev–Trinajstić information content (AvgIpc) is 2.78. The molecule has 0 bridgehead atoms. The van der Waals surface area contributed by atoms with Crippen LogP contribution in [0.5, 0.6) is 0 Å². The van der Waals surface area contributed by atoms with Crippen molar-refractivity contribution in [3.05, 3.63) is 43.0 Å². The predicted molar refractivity (Wildman–Crippen MR) is 66.2 cm³/mol. The number of allylic oxidation sites excluding steroid dienone is 8. The van der Waals surface area contributed by atoms with Crippen LogP contribution in [0.1, 0.15) is 15.7 Å². The third-order valence-electron chi connectivity index (χ3n) is 3.60. The maximum absolute atomic E-state index is 2.62. The quantitative estimate of drug-likeness (QED) is 0.683. The molecule has 78 valence electrons. The summed E-state index contributed by atoms with van der Waals surface area (Å²) in [6.45, 7) is 2.32. The Morgan fingerprint density at radius 3 is 1.79 bits per heavy atom. The molecule has 0 saturated carbocycles. The second-order valence-corrected chi connectivity index (χ2v) is 34.2. The van der Waals surface area contributed by atoms with Crippen LogP contribution in [0.3, 0.4) is 0 Å². The molecule has 0 aromatic carbocycles. The van der Waals surface area contributed by atoms with E-state index in [-0.39, 0.29) is 2.85 Å². The SMILES string of the molecule is [CH3][Zr]([CH3])(=[SiH2])([C]1=CC=CC1)[C]1=CC=CC1.[H-].[H-].